The van der Waals surface area contributed by atoms with Gasteiger partial charge in [-0.1, -0.05) is 27.7 Å². The van der Waals surface area contributed by atoms with Gasteiger partial charge in [0.15, 0.2) is 0 Å². The average molecular weight is 267 g/mol. The van der Waals surface area contributed by atoms with Gasteiger partial charge in [-0.2, -0.15) is 11.8 Å². The smallest absolute Gasteiger partial charge is 0.252 e. The molecule has 0 bridgehead atoms. The number of hydrogen-bond donors (Lipinski definition) is 1. The van der Waals surface area contributed by atoms with Gasteiger partial charge in [-0.05, 0) is 0 Å². The zero-order chi connectivity index (χ0) is 13.3. The first-order valence-corrected chi connectivity index (χ1v) is 7.41. The molecule has 0 radical (unpaired) electrons. The molecule has 1 aliphatic heterocycles. The quantitative estimate of drug-likeness (QED) is 0.892. The summed E-state index contributed by atoms with van der Waals surface area (Å²) in [6, 6.07) is 1.61. The van der Waals surface area contributed by atoms with Crippen LogP contribution < -0.4 is 10.5 Å². The number of thioether (sulfide) groups is 1. The summed E-state index contributed by atoms with van der Waals surface area (Å²) in [4.78, 5) is 21.3. The lowest BCUT2D eigenvalue weighted by Crippen LogP contribution is -2.41. The summed E-state index contributed by atoms with van der Waals surface area (Å²) in [6.45, 7) is 10.5. The molecule has 18 heavy (non-hydrogen) atoms. The highest BCUT2D eigenvalue weighted by Gasteiger charge is 2.23. The van der Waals surface area contributed by atoms with Crippen molar-refractivity contribution in [1.82, 2.24) is 9.97 Å². The number of H-pyrrole nitrogens is 1. The van der Waals surface area contributed by atoms with Crippen LogP contribution >= 0.6 is 11.8 Å². The van der Waals surface area contributed by atoms with Crippen molar-refractivity contribution >= 4 is 17.6 Å². The minimum absolute atomic E-state index is 0.0535. The van der Waals surface area contributed by atoms with Crippen LogP contribution in [0.3, 0.4) is 0 Å². The molecule has 1 saturated heterocycles. The molecular formula is C13H21N3OS. The molecule has 2 heterocycles. The lowest BCUT2D eigenvalue weighted by atomic mass is 10.2. The maximum Gasteiger partial charge on any atom is 0.252 e. The molecule has 100 valence electrons. The fourth-order valence-electron chi connectivity index (χ4n) is 2.26. The summed E-state index contributed by atoms with van der Waals surface area (Å²) in [5.74, 6) is 1.84. The van der Waals surface area contributed by atoms with Gasteiger partial charge >= 0.3 is 0 Å². The van der Waals surface area contributed by atoms with Gasteiger partial charge in [-0.3, -0.25) is 4.79 Å². The third kappa shape index (κ3) is 3.07. The number of nitrogens with zero attached hydrogens (tertiary/aromatic N) is 2. The third-order valence-corrected chi connectivity index (χ3v) is 4.26. The highest BCUT2D eigenvalue weighted by atomic mass is 32.2. The highest BCUT2D eigenvalue weighted by Crippen LogP contribution is 2.27. The van der Waals surface area contributed by atoms with Gasteiger partial charge in [0, 0.05) is 35.6 Å². The van der Waals surface area contributed by atoms with Crippen LogP contribution in [0.25, 0.3) is 0 Å². The van der Waals surface area contributed by atoms with Gasteiger partial charge in [-0.15, -0.1) is 0 Å². The van der Waals surface area contributed by atoms with Crippen molar-refractivity contribution < 1.29 is 0 Å². The molecule has 0 aromatic carbocycles. The third-order valence-electron chi connectivity index (χ3n) is 3.04. The second-order valence-corrected chi connectivity index (χ2v) is 7.19. The molecule has 0 saturated carbocycles. The Morgan fingerprint density at radius 3 is 2.56 bits per heavy atom. The van der Waals surface area contributed by atoms with Gasteiger partial charge in [0.1, 0.15) is 11.6 Å². The molecular weight excluding hydrogens is 246 g/mol. The average Bonchev–Trinajstić information content (AvgIpc) is 2.26. The van der Waals surface area contributed by atoms with Gasteiger partial charge in [-0.25, -0.2) is 4.98 Å². The van der Waals surface area contributed by atoms with Crippen LogP contribution in [0.15, 0.2) is 10.9 Å². The van der Waals surface area contributed by atoms with Crippen molar-refractivity contribution in [2.75, 3.05) is 18.0 Å². The SMILES string of the molecule is CC1CN(c2cc(=O)[nH]c(C(C)C)n2)CC(C)S1. The van der Waals surface area contributed by atoms with Crippen LogP contribution in [0.5, 0.6) is 0 Å². The molecule has 0 amide bonds. The predicted molar refractivity (Wildman–Crippen MR) is 77.7 cm³/mol. The fraction of sp³-hybridized carbons (Fsp3) is 0.692. The van der Waals surface area contributed by atoms with E-state index in [9.17, 15) is 4.79 Å². The van der Waals surface area contributed by atoms with Gasteiger partial charge in [0.05, 0.1) is 0 Å². The molecule has 1 N–H and O–H groups in total. The molecule has 1 aromatic rings. The summed E-state index contributed by atoms with van der Waals surface area (Å²) in [6.07, 6.45) is 0. The van der Waals surface area contributed by atoms with E-state index in [1.807, 2.05) is 25.6 Å². The van der Waals surface area contributed by atoms with E-state index < -0.39 is 0 Å². The van der Waals surface area contributed by atoms with E-state index >= 15 is 0 Å². The largest absolute Gasteiger partial charge is 0.354 e. The second-order valence-electron chi connectivity index (χ2n) is 5.31. The number of rotatable bonds is 2. The molecule has 1 aromatic heterocycles. The van der Waals surface area contributed by atoms with Gasteiger partial charge in [0.25, 0.3) is 5.56 Å². The van der Waals surface area contributed by atoms with Crippen LogP contribution in [0.4, 0.5) is 5.82 Å². The van der Waals surface area contributed by atoms with E-state index in [0.717, 1.165) is 24.7 Å². The molecule has 2 rings (SSSR count). The summed E-state index contributed by atoms with van der Waals surface area (Å²) in [5.41, 5.74) is -0.0535. The monoisotopic (exact) mass is 267 g/mol. The minimum atomic E-state index is -0.0535. The first kappa shape index (κ1) is 13.5. The Hall–Kier alpha value is -0.970. The Balaban J connectivity index is 2.29. The first-order chi connectivity index (χ1) is 8.45. The van der Waals surface area contributed by atoms with E-state index in [2.05, 4.69) is 28.7 Å². The molecule has 2 atom stereocenters. The lowest BCUT2D eigenvalue weighted by molar-refractivity contribution is 0.699. The summed E-state index contributed by atoms with van der Waals surface area (Å²) in [7, 11) is 0. The fourth-order valence-corrected chi connectivity index (χ4v) is 3.59. The van der Waals surface area contributed by atoms with Crippen molar-refractivity contribution in [1.29, 1.82) is 0 Å². The summed E-state index contributed by atoms with van der Waals surface area (Å²) >= 11 is 2.00. The second kappa shape index (κ2) is 5.34. The highest BCUT2D eigenvalue weighted by molar-refractivity contribution is 8.00. The van der Waals surface area contributed by atoms with Crippen LogP contribution in [0, 0.1) is 0 Å². The van der Waals surface area contributed by atoms with E-state index in [1.165, 1.54) is 0 Å². The number of aromatic amines is 1. The Morgan fingerprint density at radius 2 is 2.00 bits per heavy atom. The summed E-state index contributed by atoms with van der Waals surface area (Å²) in [5, 5.41) is 1.16. The van der Waals surface area contributed by atoms with Gasteiger partial charge in [0.2, 0.25) is 0 Å². The maximum atomic E-state index is 11.7. The Bertz CT molecular complexity index is 462. The van der Waals surface area contributed by atoms with Crippen molar-refractivity contribution in [3.05, 3.63) is 22.2 Å². The van der Waals surface area contributed by atoms with E-state index in [-0.39, 0.29) is 11.5 Å². The standard InChI is InChI=1S/C13H21N3OS/c1-8(2)13-14-11(5-12(17)15-13)16-6-9(3)18-10(4)7-16/h5,8-10H,6-7H2,1-4H3,(H,14,15,17). The molecule has 4 nitrogen and oxygen atoms in total. The Morgan fingerprint density at radius 1 is 1.39 bits per heavy atom. The normalized spacial score (nSPS) is 24.6. The van der Waals surface area contributed by atoms with Crippen LogP contribution in [0.2, 0.25) is 0 Å². The van der Waals surface area contributed by atoms with Crippen molar-refractivity contribution in [2.24, 2.45) is 0 Å². The van der Waals surface area contributed by atoms with E-state index in [1.54, 1.807) is 6.07 Å². The molecule has 0 spiro atoms. The number of nitrogens with one attached hydrogen (secondary N) is 1. The van der Waals surface area contributed by atoms with Crippen LogP contribution in [-0.4, -0.2) is 33.6 Å². The summed E-state index contributed by atoms with van der Waals surface area (Å²) < 4.78 is 0. The molecule has 2 unspecified atom stereocenters. The zero-order valence-electron chi connectivity index (χ0n) is 11.4. The molecule has 1 aliphatic rings. The number of hydrogen-bond acceptors (Lipinski definition) is 4. The van der Waals surface area contributed by atoms with E-state index in [0.29, 0.717) is 10.5 Å². The first-order valence-electron chi connectivity index (χ1n) is 6.47. The predicted octanol–water partition coefficient (Wildman–Crippen LogP) is 2.22. The van der Waals surface area contributed by atoms with Crippen LogP contribution in [0.1, 0.15) is 39.4 Å². The maximum absolute atomic E-state index is 11.7. The van der Waals surface area contributed by atoms with Crippen molar-refractivity contribution in [3.63, 3.8) is 0 Å². The molecule has 5 heteroatoms. The van der Waals surface area contributed by atoms with Crippen molar-refractivity contribution in [2.45, 2.75) is 44.1 Å². The minimum Gasteiger partial charge on any atom is -0.354 e. The van der Waals surface area contributed by atoms with Crippen LogP contribution in [-0.2, 0) is 0 Å². The Kier molecular flexibility index (Phi) is 4.00. The zero-order valence-corrected chi connectivity index (χ0v) is 12.3. The van der Waals surface area contributed by atoms with E-state index in [4.69, 9.17) is 0 Å². The molecule has 0 aliphatic carbocycles. The molecule has 1 fully saturated rings. The lowest BCUT2D eigenvalue weighted by Gasteiger charge is -2.35. The Labute approximate surface area is 112 Å². The van der Waals surface area contributed by atoms with Crippen molar-refractivity contribution in [3.8, 4) is 0 Å². The topological polar surface area (TPSA) is 49.0 Å². The number of aromatic nitrogens is 2. The van der Waals surface area contributed by atoms with Gasteiger partial charge < -0.3 is 9.88 Å². The number of anilines is 1.